The topological polar surface area (TPSA) is 75.7 Å². The van der Waals surface area contributed by atoms with Crippen molar-refractivity contribution in [2.75, 3.05) is 13.2 Å². The molecule has 1 atom stereocenters. The number of barbiturate groups is 1. The predicted molar refractivity (Wildman–Crippen MR) is 67.1 cm³/mol. The van der Waals surface area contributed by atoms with Gasteiger partial charge in [-0.3, -0.25) is 19.8 Å². The van der Waals surface area contributed by atoms with Crippen molar-refractivity contribution in [2.24, 2.45) is 0 Å². The number of urea groups is 1. The number of ether oxygens (including phenoxy) is 1. The van der Waals surface area contributed by atoms with Crippen LogP contribution >= 0.6 is 0 Å². The fourth-order valence-corrected chi connectivity index (χ4v) is 2.03. The first-order valence-electron chi connectivity index (χ1n) is 6.30. The van der Waals surface area contributed by atoms with E-state index in [1.807, 2.05) is 6.08 Å². The lowest BCUT2D eigenvalue weighted by atomic mass is 10.1. The molecule has 2 aliphatic rings. The number of hydrogen-bond acceptors (Lipinski definition) is 4. The van der Waals surface area contributed by atoms with E-state index in [0.29, 0.717) is 0 Å². The van der Waals surface area contributed by atoms with Crippen LogP contribution in [0.15, 0.2) is 23.8 Å². The zero-order chi connectivity index (χ0) is 13.8. The number of likely N-dealkylation sites (N-methyl/N-ethyl adjacent to an activating group) is 1. The first-order valence-corrected chi connectivity index (χ1v) is 6.30. The van der Waals surface area contributed by atoms with Crippen molar-refractivity contribution in [3.63, 3.8) is 0 Å². The lowest BCUT2D eigenvalue weighted by Crippen LogP contribution is -2.53. The Labute approximate surface area is 111 Å². The van der Waals surface area contributed by atoms with Gasteiger partial charge in [-0.15, -0.1) is 0 Å². The number of carbonyl (C=O) groups excluding carboxylic acids is 3. The van der Waals surface area contributed by atoms with Crippen LogP contribution in [-0.2, 0) is 14.3 Å². The van der Waals surface area contributed by atoms with Gasteiger partial charge < -0.3 is 4.74 Å². The van der Waals surface area contributed by atoms with Crippen molar-refractivity contribution < 1.29 is 19.1 Å². The Morgan fingerprint density at radius 2 is 2.21 bits per heavy atom. The van der Waals surface area contributed by atoms with Gasteiger partial charge in [-0.2, -0.15) is 0 Å². The van der Waals surface area contributed by atoms with Gasteiger partial charge in [-0.25, -0.2) is 4.79 Å². The molecule has 0 radical (unpaired) electrons. The molecule has 2 rings (SSSR count). The van der Waals surface area contributed by atoms with E-state index >= 15 is 0 Å². The third-order valence-electron chi connectivity index (χ3n) is 3.06. The smallest absolute Gasteiger partial charge is 0.331 e. The van der Waals surface area contributed by atoms with Gasteiger partial charge in [0.05, 0.1) is 6.10 Å². The van der Waals surface area contributed by atoms with Crippen LogP contribution in [0.25, 0.3) is 0 Å². The molecular formula is C13H16N2O4. The maximum absolute atomic E-state index is 11.9. The standard InChI is InChI=1S/C13H16N2O4/c1-2-15-12(17)10(11(16)14-13(15)18)7-3-5-9-6-4-8-19-9/h3,5,7,9H,2,4,6,8H2,1H3,(H,14,16,18). The summed E-state index contributed by atoms with van der Waals surface area (Å²) in [5.74, 6) is -1.22. The quantitative estimate of drug-likeness (QED) is 0.602. The van der Waals surface area contributed by atoms with Crippen LogP contribution in [0, 0.1) is 0 Å². The van der Waals surface area contributed by atoms with E-state index in [4.69, 9.17) is 4.74 Å². The summed E-state index contributed by atoms with van der Waals surface area (Å²) in [6.45, 7) is 2.64. The van der Waals surface area contributed by atoms with E-state index in [9.17, 15) is 14.4 Å². The Bertz CT molecular complexity index is 461. The summed E-state index contributed by atoms with van der Waals surface area (Å²) in [6.07, 6.45) is 6.87. The van der Waals surface area contributed by atoms with E-state index in [1.54, 1.807) is 13.0 Å². The van der Waals surface area contributed by atoms with Gasteiger partial charge in [0.2, 0.25) is 0 Å². The molecule has 2 saturated heterocycles. The number of carbonyl (C=O) groups is 3. The van der Waals surface area contributed by atoms with E-state index in [2.05, 4.69) is 5.32 Å². The lowest BCUT2D eigenvalue weighted by Gasteiger charge is -2.24. The fourth-order valence-electron chi connectivity index (χ4n) is 2.03. The van der Waals surface area contributed by atoms with E-state index in [0.717, 1.165) is 24.3 Å². The average molecular weight is 264 g/mol. The number of nitrogens with one attached hydrogen (secondary N) is 1. The molecule has 1 N–H and O–H groups in total. The monoisotopic (exact) mass is 264 g/mol. The highest BCUT2D eigenvalue weighted by atomic mass is 16.5. The molecule has 2 heterocycles. The van der Waals surface area contributed by atoms with Crippen LogP contribution in [0.5, 0.6) is 0 Å². The summed E-state index contributed by atoms with van der Waals surface area (Å²) in [6, 6.07) is -0.669. The first kappa shape index (κ1) is 13.5. The molecule has 0 aromatic heterocycles. The van der Waals surface area contributed by atoms with Crippen molar-refractivity contribution in [1.29, 1.82) is 0 Å². The number of allylic oxidation sites excluding steroid dienone is 2. The Morgan fingerprint density at radius 1 is 1.42 bits per heavy atom. The van der Waals surface area contributed by atoms with Crippen molar-refractivity contribution in [1.82, 2.24) is 10.2 Å². The van der Waals surface area contributed by atoms with Gasteiger partial charge in [0.25, 0.3) is 11.8 Å². The molecule has 2 fully saturated rings. The maximum Gasteiger partial charge on any atom is 0.331 e. The van der Waals surface area contributed by atoms with Crippen LogP contribution in [0.4, 0.5) is 4.79 Å². The second-order valence-electron chi connectivity index (χ2n) is 4.33. The molecule has 0 aromatic carbocycles. The summed E-state index contributed by atoms with van der Waals surface area (Å²) in [5.41, 5.74) is -0.0318. The van der Waals surface area contributed by atoms with Crippen LogP contribution in [0.3, 0.4) is 0 Å². The Hall–Kier alpha value is -1.95. The molecule has 19 heavy (non-hydrogen) atoms. The second kappa shape index (κ2) is 5.79. The van der Waals surface area contributed by atoms with Gasteiger partial charge in [-0.1, -0.05) is 12.2 Å². The highest BCUT2D eigenvalue weighted by Gasteiger charge is 2.34. The van der Waals surface area contributed by atoms with Gasteiger partial charge in [-0.05, 0) is 25.8 Å². The van der Waals surface area contributed by atoms with E-state index in [-0.39, 0.29) is 18.2 Å². The second-order valence-corrected chi connectivity index (χ2v) is 4.33. The van der Waals surface area contributed by atoms with Crippen LogP contribution in [-0.4, -0.2) is 42.0 Å². The van der Waals surface area contributed by atoms with Gasteiger partial charge >= 0.3 is 6.03 Å². The molecular weight excluding hydrogens is 248 g/mol. The minimum Gasteiger partial charge on any atom is -0.374 e. The van der Waals surface area contributed by atoms with Gasteiger partial charge in [0, 0.05) is 13.2 Å². The summed E-state index contributed by atoms with van der Waals surface area (Å²) in [5, 5.41) is 2.13. The number of nitrogens with zero attached hydrogens (tertiary/aromatic N) is 1. The largest absolute Gasteiger partial charge is 0.374 e. The highest BCUT2D eigenvalue weighted by molar-refractivity contribution is 6.28. The Balaban J connectivity index is 2.10. The summed E-state index contributed by atoms with van der Waals surface area (Å²) in [7, 11) is 0. The molecule has 0 aromatic rings. The summed E-state index contributed by atoms with van der Waals surface area (Å²) >= 11 is 0. The van der Waals surface area contributed by atoms with Crippen molar-refractivity contribution in [3.05, 3.63) is 23.8 Å². The predicted octanol–water partition coefficient (Wildman–Crippen LogP) is 0.746. The van der Waals surface area contributed by atoms with Gasteiger partial charge in [0.15, 0.2) is 0 Å². The van der Waals surface area contributed by atoms with Crippen LogP contribution in [0.1, 0.15) is 19.8 Å². The van der Waals surface area contributed by atoms with Crippen LogP contribution < -0.4 is 5.32 Å². The molecule has 0 spiro atoms. The molecule has 0 saturated carbocycles. The van der Waals surface area contributed by atoms with Crippen LogP contribution in [0.2, 0.25) is 0 Å². The third kappa shape index (κ3) is 2.90. The van der Waals surface area contributed by atoms with Crippen molar-refractivity contribution in [3.8, 4) is 0 Å². The molecule has 1 unspecified atom stereocenters. The van der Waals surface area contributed by atoms with Crippen molar-refractivity contribution in [2.45, 2.75) is 25.9 Å². The number of imide groups is 2. The number of rotatable bonds is 3. The lowest BCUT2D eigenvalue weighted by molar-refractivity contribution is -0.130. The Kier molecular flexibility index (Phi) is 4.11. The zero-order valence-electron chi connectivity index (χ0n) is 10.7. The highest BCUT2D eigenvalue weighted by Crippen LogP contribution is 2.14. The van der Waals surface area contributed by atoms with E-state index in [1.165, 1.54) is 6.08 Å². The normalized spacial score (nSPS) is 26.6. The molecule has 4 amide bonds. The fraction of sp³-hybridized carbons (Fsp3) is 0.462. The Morgan fingerprint density at radius 3 is 2.84 bits per heavy atom. The molecule has 102 valence electrons. The van der Waals surface area contributed by atoms with Gasteiger partial charge in [0.1, 0.15) is 5.57 Å². The number of hydrogen-bond donors (Lipinski definition) is 1. The SMILES string of the molecule is CCN1C(=O)NC(=O)C(=CC=CC2CCCO2)C1=O. The minimum atomic E-state index is -0.669. The zero-order valence-corrected chi connectivity index (χ0v) is 10.7. The first-order chi connectivity index (χ1) is 9.13. The number of amides is 4. The average Bonchev–Trinajstić information content (AvgIpc) is 2.86. The molecule has 0 aliphatic carbocycles. The maximum atomic E-state index is 11.9. The summed E-state index contributed by atoms with van der Waals surface area (Å²) < 4.78 is 5.39. The summed E-state index contributed by atoms with van der Waals surface area (Å²) in [4.78, 5) is 35.9. The van der Waals surface area contributed by atoms with Crippen molar-refractivity contribution >= 4 is 17.8 Å². The minimum absolute atomic E-state index is 0.0318. The molecule has 2 aliphatic heterocycles. The third-order valence-corrected chi connectivity index (χ3v) is 3.06. The van der Waals surface area contributed by atoms with E-state index < -0.39 is 17.8 Å². The molecule has 6 nitrogen and oxygen atoms in total. The molecule has 6 heteroatoms. The molecule has 0 bridgehead atoms.